The Morgan fingerprint density at radius 1 is 0.907 bits per heavy atom. The minimum Gasteiger partial charge on any atom is -0.471 e. The Balaban J connectivity index is 0.729. The van der Waals surface area contributed by atoms with Gasteiger partial charge in [0.2, 0.25) is 17.7 Å². The molecule has 54 heavy (non-hydrogen) atoms. The van der Waals surface area contributed by atoms with E-state index in [-0.39, 0.29) is 29.9 Å². The number of benzene rings is 2. The predicted octanol–water partition coefficient (Wildman–Crippen LogP) is 3.24. The van der Waals surface area contributed by atoms with Crippen molar-refractivity contribution >= 4 is 52.4 Å². The number of halogens is 1. The van der Waals surface area contributed by atoms with Crippen LogP contribution in [0.15, 0.2) is 48.5 Å². The lowest BCUT2D eigenvalue weighted by Gasteiger charge is -2.52. The van der Waals surface area contributed by atoms with Crippen molar-refractivity contribution in [3.05, 3.63) is 70.2 Å². The highest BCUT2D eigenvalue weighted by Crippen LogP contribution is 2.46. The summed E-state index contributed by atoms with van der Waals surface area (Å²) in [4.78, 5) is 60.5. The van der Waals surface area contributed by atoms with Crippen molar-refractivity contribution in [1.82, 2.24) is 25.3 Å². The Morgan fingerprint density at radius 3 is 2.37 bits per heavy atom. The smallest absolute Gasteiger partial charge is 0.262 e. The number of carbonyl (C=O) groups is 4. The lowest BCUT2D eigenvalue weighted by molar-refractivity contribution is -0.136. The lowest BCUT2D eigenvalue weighted by atomic mass is 9.77. The summed E-state index contributed by atoms with van der Waals surface area (Å²) in [6.45, 7) is 8.24. The molecule has 2 atom stereocenters. The summed E-state index contributed by atoms with van der Waals surface area (Å²) < 4.78 is 6.16. The summed E-state index contributed by atoms with van der Waals surface area (Å²) in [7, 11) is 0. The number of imide groups is 2. The minimum atomic E-state index is -0.974. The van der Waals surface area contributed by atoms with Gasteiger partial charge in [0.05, 0.1) is 21.7 Å². The molecule has 6 aliphatic heterocycles. The number of hydrogen-bond acceptors (Lipinski definition) is 12. The number of amides is 4. The van der Waals surface area contributed by atoms with E-state index in [4.69, 9.17) is 16.3 Å². The summed E-state index contributed by atoms with van der Waals surface area (Å²) in [5, 5.41) is 20.9. The summed E-state index contributed by atoms with van der Waals surface area (Å²) in [6.07, 6.45) is 3.53. The van der Waals surface area contributed by atoms with Gasteiger partial charge in [0.15, 0.2) is 5.82 Å². The zero-order valence-corrected chi connectivity index (χ0v) is 30.7. The zero-order valence-electron chi connectivity index (χ0n) is 29.9. The standard InChI is InChI=1S/C39H40ClN9O5/c1-23-16-39(22-48(23)26-3-2-24(17-41)31(40)15-26)10-12-45(13-11-39)33-7-9-35(44-43-33)54-28-20-47(21-28)27-18-46(19-27)25-4-5-29-30(14-25)38(53)49(37(29)52)32-6-8-34(50)42-36(32)51/h2-5,7,9,14-15,23,27-28,32H,6,8,10-13,16,18-22H2,1H3,(H,42,50,51)/t23-,32?/m0/s1. The van der Waals surface area contributed by atoms with Crippen LogP contribution < -0.4 is 24.8 Å². The number of hydrogen-bond donors (Lipinski definition) is 1. The molecule has 2 aromatic carbocycles. The van der Waals surface area contributed by atoms with Gasteiger partial charge >= 0.3 is 0 Å². The number of aromatic nitrogens is 2. The lowest BCUT2D eigenvalue weighted by Crippen LogP contribution is -2.67. The SMILES string of the molecule is C[C@H]1CC2(CCN(c3ccc(OC4CN(C5CN(c6ccc7c(c6)C(=O)N(C6CCC(=O)NC6=O)C7=O)C5)C4)nn3)CC2)CN1c1ccc(C#N)c(Cl)c1. The Morgan fingerprint density at radius 2 is 1.67 bits per heavy atom. The average molecular weight is 750 g/mol. The molecule has 0 radical (unpaired) electrons. The second-order valence-electron chi connectivity index (χ2n) is 15.6. The number of piperidine rings is 2. The molecule has 5 saturated heterocycles. The first-order valence-electron chi connectivity index (χ1n) is 18.6. The van der Waals surface area contributed by atoms with E-state index in [1.165, 1.54) is 0 Å². The van der Waals surface area contributed by atoms with Crippen LogP contribution in [0.1, 0.15) is 65.3 Å². The minimum absolute atomic E-state index is 0.0363. The van der Waals surface area contributed by atoms with Gasteiger partial charge in [-0.2, -0.15) is 5.26 Å². The number of carbonyl (C=O) groups excluding carboxylic acids is 4. The molecule has 9 rings (SSSR count). The van der Waals surface area contributed by atoms with Crippen LogP contribution in [0.5, 0.6) is 5.88 Å². The molecule has 0 saturated carbocycles. The van der Waals surface area contributed by atoms with Crippen LogP contribution in [0.25, 0.3) is 0 Å². The fraction of sp³-hybridized carbons (Fsp3) is 0.462. The van der Waals surface area contributed by atoms with Crippen LogP contribution >= 0.6 is 11.6 Å². The van der Waals surface area contributed by atoms with Crippen LogP contribution in [-0.4, -0.2) is 114 Å². The van der Waals surface area contributed by atoms with E-state index in [2.05, 4.69) is 48.1 Å². The molecule has 6 aliphatic rings. The molecule has 1 N–H and O–H groups in total. The van der Waals surface area contributed by atoms with Gasteiger partial charge in [-0.05, 0) is 80.5 Å². The number of likely N-dealkylation sites (tertiary alicyclic amines) is 1. The third-order valence-electron chi connectivity index (χ3n) is 12.3. The number of rotatable bonds is 7. The molecule has 4 amide bonds. The number of fused-ring (bicyclic) bond motifs is 1. The summed E-state index contributed by atoms with van der Waals surface area (Å²) in [5.74, 6) is -0.608. The molecule has 0 aliphatic carbocycles. The van der Waals surface area contributed by atoms with Crippen molar-refractivity contribution in [2.75, 3.05) is 60.5 Å². The quantitative estimate of drug-likeness (QED) is 0.353. The van der Waals surface area contributed by atoms with Gasteiger partial charge in [0.1, 0.15) is 18.2 Å². The second kappa shape index (κ2) is 13.2. The topological polar surface area (TPSA) is 155 Å². The van der Waals surface area contributed by atoms with E-state index in [0.717, 1.165) is 87.2 Å². The van der Waals surface area contributed by atoms with E-state index in [0.29, 0.717) is 34.1 Å². The summed E-state index contributed by atoms with van der Waals surface area (Å²) in [5.41, 5.74) is 3.25. The fourth-order valence-corrected chi connectivity index (χ4v) is 9.34. The first-order valence-corrected chi connectivity index (χ1v) is 19.0. The van der Waals surface area contributed by atoms with Gasteiger partial charge in [-0.25, -0.2) is 0 Å². The maximum atomic E-state index is 13.2. The van der Waals surface area contributed by atoms with E-state index >= 15 is 0 Å². The molecule has 14 nitrogen and oxygen atoms in total. The van der Waals surface area contributed by atoms with Crippen molar-refractivity contribution < 1.29 is 23.9 Å². The van der Waals surface area contributed by atoms with Gasteiger partial charge < -0.3 is 19.4 Å². The maximum absolute atomic E-state index is 13.2. The highest BCUT2D eigenvalue weighted by atomic mass is 35.5. The van der Waals surface area contributed by atoms with E-state index in [1.54, 1.807) is 12.1 Å². The molecule has 3 aromatic rings. The van der Waals surface area contributed by atoms with E-state index in [9.17, 15) is 24.4 Å². The van der Waals surface area contributed by atoms with Crippen molar-refractivity contribution in [1.29, 1.82) is 5.26 Å². The molecule has 1 aromatic heterocycles. The van der Waals surface area contributed by atoms with Gasteiger partial charge in [-0.1, -0.05) is 11.6 Å². The van der Waals surface area contributed by atoms with Gasteiger partial charge in [-0.15, -0.1) is 10.2 Å². The van der Waals surface area contributed by atoms with Crippen LogP contribution in [0.3, 0.4) is 0 Å². The van der Waals surface area contributed by atoms with Crippen LogP contribution in [0, 0.1) is 16.7 Å². The fourth-order valence-electron chi connectivity index (χ4n) is 9.12. The van der Waals surface area contributed by atoms with Crippen molar-refractivity contribution in [3.63, 3.8) is 0 Å². The molecule has 1 unspecified atom stereocenters. The molecule has 278 valence electrons. The van der Waals surface area contributed by atoms with Crippen molar-refractivity contribution in [2.45, 2.75) is 63.3 Å². The maximum Gasteiger partial charge on any atom is 0.262 e. The second-order valence-corrected chi connectivity index (χ2v) is 16.0. The Hall–Kier alpha value is -5.26. The third kappa shape index (κ3) is 5.99. The summed E-state index contributed by atoms with van der Waals surface area (Å²) >= 11 is 6.36. The number of nitrogens with one attached hydrogen (secondary N) is 1. The van der Waals surface area contributed by atoms with Gasteiger partial charge in [0, 0.05) is 81.8 Å². The molecule has 1 spiro atoms. The zero-order chi connectivity index (χ0) is 37.3. The predicted molar refractivity (Wildman–Crippen MR) is 199 cm³/mol. The molecular formula is C39H40ClN9O5. The molecule has 0 bridgehead atoms. The number of ether oxygens (including phenoxy) is 1. The van der Waals surface area contributed by atoms with Gasteiger partial charge in [-0.3, -0.25) is 34.3 Å². The number of anilines is 3. The first-order chi connectivity index (χ1) is 26.1. The molecule has 15 heteroatoms. The van der Waals surface area contributed by atoms with Crippen LogP contribution in [0.4, 0.5) is 17.2 Å². The molecule has 7 heterocycles. The molecular weight excluding hydrogens is 710 g/mol. The third-order valence-corrected chi connectivity index (χ3v) is 12.6. The van der Waals surface area contributed by atoms with E-state index < -0.39 is 29.7 Å². The summed E-state index contributed by atoms with van der Waals surface area (Å²) in [6, 6.07) is 16.8. The number of nitriles is 1. The monoisotopic (exact) mass is 749 g/mol. The normalized spacial score (nSPS) is 24.4. The highest BCUT2D eigenvalue weighted by molar-refractivity contribution is 6.32. The Labute approximate surface area is 317 Å². The average Bonchev–Trinajstić information content (AvgIpc) is 3.58. The van der Waals surface area contributed by atoms with Crippen LogP contribution in [0.2, 0.25) is 5.02 Å². The highest BCUT2D eigenvalue weighted by Gasteiger charge is 2.47. The van der Waals surface area contributed by atoms with E-state index in [1.807, 2.05) is 36.4 Å². The van der Waals surface area contributed by atoms with Crippen molar-refractivity contribution in [2.24, 2.45) is 5.41 Å². The van der Waals surface area contributed by atoms with Crippen LogP contribution in [-0.2, 0) is 9.59 Å². The Bertz CT molecular complexity index is 2090. The largest absolute Gasteiger partial charge is 0.471 e. The van der Waals surface area contributed by atoms with Crippen molar-refractivity contribution in [3.8, 4) is 11.9 Å². The Kier molecular flexibility index (Phi) is 8.46. The first kappa shape index (κ1) is 34.5. The number of nitrogens with zero attached hydrogens (tertiary/aromatic N) is 8. The van der Waals surface area contributed by atoms with Gasteiger partial charge in [0.25, 0.3) is 11.8 Å². The molecule has 5 fully saturated rings.